The third kappa shape index (κ3) is 3.43. The molecule has 3 nitrogen and oxygen atoms in total. The van der Waals surface area contributed by atoms with Crippen LogP contribution < -0.4 is 5.73 Å². The molecular formula is C14H16BrFN2O. The van der Waals surface area contributed by atoms with Crippen LogP contribution in [0.2, 0.25) is 0 Å². The molecule has 2 N–H and O–H groups in total. The summed E-state index contributed by atoms with van der Waals surface area (Å²) in [7, 11) is 1.90. The van der Waals surface area contributed by atoms with Crippen LogP contribution in [0.5, 0.6) is 0 Å². The molecule has 2 aromatic rings. The summed E-state index contributed by atoms with van der Waals surface area (Å²) in [5.41, 5.74) is 6.44. The second-order valence-corrected chi connectivity index (χ2v) is 5.18. The van der Waals surface area contributed by atoms with E-state index in [0.717, 1.165) is 5.76 Å². The van der Waals surface area contributed by atoms with Gasteiger partial charge in [-0.1, -0.05) is 18.2 Å². The molecule has 0 aliphatic heterocycles. The summed E-state index contributed by atoms with van der Waals surface area (Å²) >= 11 is 3.27. The van der Waals surface area contributed by atoms with Crippen LogP contribution >= 0.6 is 15.9 Å². The van der Waals surface area contributed by atoms with E-state index >= 15 is 0 Å². The highest BCUT2D eigenvalue weighted by molar-refractivity contribution is 9.10. The molecule has 0 saturated carbocycles. The second kappa shape index (κ2) is 6.32. The summed E-state index contributed by atoms with van der Waals surface area (Å²) in [5, 5.41) is 0. The SMILES string of the molecule is CN(Cc1ccccc1F)C(CN)c1ccc(Br)o1. The quantitative estimate of drug-likeness (QED) is 0.916. The van der Waals surface area contributed by atoms with Crippen LogP contribution in [0.4, 0.5) is 4.39 Å². The number of likely N-dealkylation sites (N-methyl/N-ethyl adjacent to an activating group) is 1. The number of benzene rings is 1. The molecule has 0 spiro atoms. The van der Waals surface area contributed by atoms with Gasteiger partial charge >= 0.3 is 0 Å². The largest absolute Gasteiger partial charge is 0.453 e. The fraction of sp³-hybridized carbons (Fsp3) is 0.286. The number of hydrogen-bond acceptors (Lipinski definition) is 3. The van der Waals surface area contributed by atoms with Crippen LogP contribution in [0.15, 0.2) is 45.5 Å². The van der Waals surface area contributed by atoms with Crippen LogP contribution in [0, 0.1) is 5.82 Å². The van der Waals surface area contributed by atoms with E-state index in [9.17, 15) is 4.39 Å². The molecule has 1 unspecified atom stereocenters. The molecule has 0 bridgehead atoms. The van der Waals surface area contributed by atoms with Crippen LogP contribution in [0.25, 0.3) is 0 Å². The van der Waals surface area contributed by atoms with Crippen molar-refractivity contribution in [2.45, 2.75) is 12.6 Å². The van der Waals surface area contributed by atoms with Crippen LogP contribution in [-0.2, 0) is 6.54 Å². The molecule has 0 saturated heterocycles. The van der Waals surface area contributed by atoms with Gasteiger partial charge in [-0.15, -0.1) is 0 Å². The Kier molecular flexibility index (Phi) is 4.74. The molecule has 0 amide bonds. The van der Waals surface area contributed by atoms with Gasteiger partial charge in [-0.25, -0.2) is 4.39 Å². The van der Waals surface area contributed by atoms with Crippen molar-refractivity contribution in [3.63, 3.8) is 0 Å². The summed E-state index contributed by atoms with van der Waals surface area (Å²) in [5.74, 6) is 0.568. The van der Waals surface area contributed by atoms with Gasteiger partial charge in [0.1, 0.15) is 11.6 Å². The zero-order valence-electron chi connectivity index (χ0n) is 10.6. The maximum Gasteiger partial charge on any atom is 0.169 e. The van der Waals surface area contributed by atoms with E-state index in [2.05, 4.69) is 15.9 Å². The maximum atomic E-state index is 13.6. The Morgan fingerprint density at radius 2 is 2.05 bits per heavy atom. The van der Waals surface area contributed by atoms with Crippen molar-refractivity contribution in [2.75, 3.05) is 13.6 Å². The van der Waals surface area contributed by atoms with Gasteiger partial charge in [-0.3, -0.25) is 4.90 Å². The molecule has 0 fully saturated rings. The van der Waals surface area contributed by atoms with E-state index < -0.39 is 0 Å². The van der Waals surface area contributed by atoms with Crippen LogP contribution in [0.1, 0.15) is 17.4 Å². The predicted molar refractivity (Wildman–Crippen MR) is 76.1 cm³/mol. The van der Waals surface area contributed by atoms with Gasteiger partial charge in [0.2, 0.25) is 0 Å². The van der Waals surface area contributed by atoms with Crippen molar-refractivity contribution in [3.05, 3.63) is 58.2 Å². The zero-order valence-corrected chi connectivity index (χ0v) is 12.2. The Hall–Kier alpha value is -1.17. The van der Waals surface area contributed by atoms with Gasteiger partial charge in [-0.2, -0.15) is 0 Å². The third-order valence-electron chi connectivity index (χ3n) is 3.06. The molecule has 2 rings (SSSR count). The number of rotatable bonds is 5. The lowest BCUT2D eigenvalue weighted by Gasteiger charge is -2.25. The van der Waals surface area contributed by atoms with Crippen molar-refractivity contribution in [3.8, 4) is 0 Å². The van der Waals surface area contributed by atoms with E-state index in [1.54, 1.807) is 12.1 Å². The van der Waals surface area contributed by atoms with E-state index in [-0.39, 0.29) is 11.9 Å². The van der Waals surface area contributed by atoms with Gasteiger partial charge in [0.15, 0.2) is 4.67 Å². The minimum atomic E-state index is -0.203. The molecule has 1 aromatic heterocycles. The Labute approximate surface area is 120 Å². The average molecular weight is 327 g/mol. The van der Waals surface area contributed by atoms with Gasteiger partial charge < -0.3 is 10.2 Å². The first-order chi connectivity index (χ1) is 9.11. The molecule has 0 aliphatic carbocycles. The molecule has 1 atom stereocenters. The summed E-state index contributed by atoms with van der Waals surface area (Å²) in [6, 6.07) is 10.4. The van der Waals surface area contributed by atoms with Crippen molar-refractivity contribution in [1.29, 1.82) is 0 Å². The highest BCUT2D eigenvalue weighted by atomic mass is 79.9. The predicted octanol–water partition coefficient (Wildman–Crippen LogP) is 3.31. The number of hydrogen-bond donors (Lipinski definition) is 1. The molecule has 1 heterocycles. The summed E-state index contributed by atoms with van der Waals surface area (Å²) < 4.78 is 19.8. The molecule has 102 valence electrons. The normalized spacial score (nSPS) is 12.9. The fourth-order valence-electron chi connectivity index (χ4n) is 2.03. The monoisotopic (exact) mass is 326 g/mol. The first-order valence-corrected chi connectivity index (χ1v) is 6.80. The Morgan fingerprint density at radius 3 is 2.63 bits per heavy atom. The molecule has 19 heavy (non-hydrogen) atoms. The van der Waals surface area contributed by atoms with Gasteiger partial charge in [0.05, 0.1) is 6.04 Å². The Balaban J connectivity index is 2.13. The molecular weight excluding hydrogens is 311 g/mol. The topological polar surface area (TPSA) is 42.4 Å². The summed E-state index contributed by atoms with van der Waals surface area (Å²) in [4.78, 5) is 1.98. The highest BCUT2D eigenvalue weighted by Gasteiger charge is 2.19. The van der Waals surface area contributed by atoms with Gasteiger partial charge in [0, 0.05) is 18.7 Å². The third-order valence-corrected chi connectivity index (χ3v) is 3.48. The van der Waals surface area contributed by atoms with Crippen molar-refractivity contribution in [1.82, 2.24) is 4.90 Å². The number of furan rings is 1. The van der Waals surface area contributed by atoms with Crippen LogP contribution in [-0.4, -0.2) is 18.5 Å². The van der Waals surface area contributed by atoms with E-state index in [4.69, 9.17) is 10.2 Å². The molecule has 5 heteroatoms. The summed E-state index contributed by atoms with van der Waals surface area (Å²) in [6.45, 7) is 0.887. The zero-order chi connectivity index (χ0) is 13.8. The Bertz CT molecular complexity index is 544. The lowest BCUT2D eigenvalue weighted by Crippen LogP contribution is -2.30. The first-order valence-electron chi connectivity index (χ1n) is 6.00. The lowest BCUT2D eigenvalue weighted by atomic mass is 10.1. The minimum Gasteiger partial charge on any atom is -0.453 e. The number of halogens is 2. The number of nitrogens with zero attached hydrogens (tertiary/aromatic N) is 1. The first kappa shape index (κ1) is 14.2. The lowest BCUT2D eigenvalue weighted by molar-refractivity contribution is 0.209. The van der Waals surface area contributed by atoms with E-state index in [0.29, 0.717) is 23.3 Å². The minimum absolute atomic E-state index is 0.0779. The average Bonchev–Trinajstić information content (AvgIpc) is 2.80. The summed E-state index contributed by atoms with van der Waals surface area (Å²) in [6.07, 6.45) is 0. The number of nitrogens with two attached hydrogens (primary N) is 1. The van der Waals surface area contributed by atoms with E-state index in [1.807, 2.05) is 30.1 Å². The maximum absolute atomic E-state index is 13.6. The van der Waals surface area contributed by atoms with E-state index in [1.165, 1.54) is 6.07 Å². The molecule has 0 radical (unpaired) electrons. The highest BCUT2D eigenvalue weighted by Crippen LogP contribution is 2.25. The second-order valence-electron chi connectivity index (χ2n) is 4.40. The molecule has 1 aromatic carbocycles. The van der Waals surface area contributed by atoms with Gasteiger partial charge in [-0.05, 0) is 41.2 Å². The van der Waals surface area contributed by atoms with Crippen LogP contribution in [0.3, 0.4) is 0 Å². The standard InChI is InChI=1S/C14H16BrFN2O/c1-18(9-10-4-2-3-5-11(10)16)12(8-17)13-6-7-14(15)19-13/h2-7,12H,8-9,17H2,1H3. The molecule has 0 aliphatic rings. The fourth-order valence-corrected chi connectivity index (χ4v) is 2.35. The van der Waals surface area contributed by atoms with Crippen molar-refractivity contribution in [2.24, 2.45) is 5.73 Å². The smallest absolute Gasteiger partial charge is 0.169 e. The van der Waals surface area contributed by atoms with Crippen molar-refractivity contribution >= 4 is 15.9 Å². The van der Waals surface area contributed by atoms with Gasteiger partial charge in [0.25, 0.3) is 0 Å². The Morgan fingerprint density at radius 1 is 1.32 bits per heavy atom. The van der Waals surface area contributed by atoms with Crippen molar-refractivity contribution < 1.29 is 8.81 Å².